The highest BCUT2D eigenvalue weighted by atomic mass is 16.3. The number of nitrogens with zero attached hydrogens (tertiary/aromatic N) is 2. The number of pyridine rings is 1. The lowest BCUT2D eigenvalue weighted by Crippen LogP contribution is -2.26. The normalized spacial score (nSPS) is 11.3. The number of benzene rings is 1. The van der Waals surface area contributed by atoms with Crippen LogP contribution in [0.4, 0.5) is 0 Å². The zero-order valence-corrected chi connectivity index (χ0v) is 14.7. The van der Waals surface area contributed by atoms with E-state index in [1.54, 1.807) is 12.3 Å². The number of carbonyl (C=O) groups excluding carboxylic acids is 1. The molecule has 0 radical (unpaired) electrons. The van der Waals surface area contributed by atoms with E-state index in [0.717, 1.165) is 27.5 Å². The molecule has 0 spiro atoms. The van der Waals surface area contributed by atoms with E-state index in [4.69, 9.17) is 5.11 Å². The molecule has 0 aliphatic carbocycles. The molecule has 0 fully saturated rings. The van der Waals surface area contributed by atoms with Gasteiger partial charge in [-0.05, 0) is 31.2 Å². The first-order valence-corrected chi connectivity index (χ1v) is 8.51. The molecule has 6 nitrogen and oxygen atoms in total. The zero-order chi connectivity index (χ0) is 18.3. The number of hydrogen-bond donors (Lipinski definition) is 3. The van der Waals surface area contributed by atoms with Crippen LogP contribution in [0.5, 0.6) is 0 Å². The predicted molar refractivity (Wildman–Crippen MR) is 102 cm³/mol. The number of rotatable bonds is 4. The van der Waals surface area contributed by atoms with Crippen LogP contribution >= 0.6 is 0 Å². The number of aliphatic hydroxyl groups excluding tert-OH is 1. The van der Waals surface area contributed by atoms with Crippen molar-refractivity contribution in [1.29, 1.82) is 0 Å². The van der Waals surface area contributed by atoms with Crippen molar-refractivity contribution in [3.63, 3.8) is 0 Å². The summed E-state index contributed by atoms with van der Waals surface area (Å²) in [6.45, 7) is 2.21. The maximum Gasteiger partial charge on any atom is 0.252 e. The van der Waals surface area contributed by atoms with Crippen molar-refractivity contribution in [2.24, 2.45) is 7.05 Å². The summed E-state index contributed by atoms with van der Waals surface area (Å²) >= 11 is 0. The van der Waals surface area contributed by atoms with Crippen molar-refractivity contribution in [3.8, 4) is 11.3 Å². The second-order valence-electron chi connectivity index (χ2n) is 6.46. The van der Waals surface area contributed by atoms with Gasteiger partial charge in [-0.2, -0.15) is 0 Å². The average molecular weight is 348 g/mol. The lowest BCUT2D eigenvalue weighted by molar-refractivity contribution is 0.0946. The highest BCUT2D eigenvalue weighted by molar-refractivity contribution is 6.07. The van der Waals surface area contributed by atoms with Gasteiger partial charge in [0, 0.05) is 53.5 Å². The number of H-pyrrole nitrogens is 1. The van der Waals surface area contributed by atoms with Crippen LogP contribution in [0.15, 0.2) is 42.7 Å². The predicted octanol–water partition coefficient (Wildman–Crippen LogP) is 2.75. The molecule has 0 aliphatic rings. The summed E-state index contributed by atoms with van der Waals surface area (Å²) in [6.07, 6.45) is 3.70. The van der Waals surface area contributed by atoms with Crippen LogP contribution in [0.1, 0.15) is 15.9 Å². The fourth-order valence-corrected chi connectivity index (χ4v) is 3.36. The molecule has 0 aliphatic heterocycles. The first-order valence-electron chi connectivity index (χ1n) is 8.51. The maximum atomic E-state index is 12.4. The third kappa shape index (κ3) is 2.64. The zero-order valence-electron chi connectivity index (χ0n) is 14.7. The first-order chi connectivity index (χ1) is 12.6. The Hall–Kier alpha value is -3.12. The van der Waals surface area contributed by atoms with Crippen LogP contribution in [0.3, 0.4) is 0 Å². The van der Waals surface area contributed by atoms with Gasteiger partial charge in [-0.15, -0.1) is 0 Å². The summed E-state index contributed by atoms with van der Waals surface area (Å²) in [6, 6.07) is 10.0. The molecule has 0 bridgehead atoms. The van der Waals surface area contributed by atoms with Crippen LogP contribution < -0.4 is 5.32 Å². The third-order valence-corrected chi connectivity index (χ3v) is 4.61. The second kappa shape index (κ2) is 6.31. The van der Waals surface area contributed by atoms with Gasteiger partial charge in [0.1, 0.15) is 5.65 Å². The Balaban J connectivity index is 1.86. The molecule has 4 rings (SSSR count). The quantitative estimate of drug-likeness (QED) is 0.530. The number of aromatic amines is 1. The lowest BCUT2D eigenvalue weighted by atomic mass is 10.1. The Morgan fingerprint density at radius 3 is 2.92 bits per heavy atom. The smallest absolute Gasteiger partial charge is 0.252 e. The minimum Gasteiger partial charge on any atom is -0.395 e. The minimum atomic E-state index is -0.217. The summed E-state index contributed by atoms with van der Waals surface area (Å²) in [5, 5.41) is 13.5. The van der Waals surface area contributed by atoms with E-state index in [-0.39, 0.29) is 19.1 Å². The Kier molecular flexibility index (Phi) is 3.97. The molecule has 0 saturated carbocycles. The van der Waals surface area contributed by atoms with Crippen LogP contribution in [0, 0.1) is 6.92 Å². The molecule has 3 aromatic heterocycles. The van der Waals surface area contributed by atoms with Gasteiger partial charge in [-0.25, -0.2) is 4.98 Å². The van der Waals surface area contributed by atoms with Gasteiger partial charge in [-0.1, -0.05) is 11.6 Å². The first kappa shape index (κ1) is 16.4. The van der Waals surface area contributed by atoms with Gasteiger partial charge >= 0.3 is 0 Å². The summed E-state index contributed by atoms with van der Waals surface area (Å²) in [5.41, 5.74) is 5.56. The summed E-state index contributed by atoms with van der Waals surface area (Å²) < 4.78 is 2.10. The van der Waals surface area contributed by atoms with Gasteiger partial charge in [0.25, 0.3) is 5.91 Å². The van der Waals surface area contributed by atoms with Crippen molar-refractivity contribution < 1.29 is 9.90 Å². The fraction of sp³-hybridized carbons (Fsp3) is 0.200. The van der Waals surface area contributed by atoms with E-state index >= 15 is 0 Å². The highest BCUT2D eigenvalue weighted by Crippen LogP contribution is 2.32. The number of aryl methyl sites for hydroxylation is 2. The second-order valence-corrected chi connectivity index (χ2v) is 6.46. The molecule has 0 atom stereocenters. The largest absolute Gasteiger partial charge is 0.395 e. The topological polar surface area (TPSA) is 82.9 Å². The van der Waals surface area contributed by atoms with Crippen molar-refractivity contribution in [2.45, 2.75) is 6.92 Å². The van der Waals surface area contributed by atoms with Crippen LogP contribution in [0.25, 0.3) is 33.2 Å². The van der Waals surface area contributed by atoms with Gasteiger partial charge in [-0.3, -0.25) is 4.79 Å². The van der Waals surface area contributed by atoms with Gasteiger partial charge in [0.15, 0.2) is 0 Å². The monoisotopic (exact) mass is 348 g/mol. The fourth-order valence-electron chi connectivity index (χ4n) is 3.36. The lowest BCUT2D eigenvalue weighted by Gasteiger charge is -2.03. The molecule has 0 unspecified atom stereocenters. The molecule has 1 amide bonds. The molecule has 0 saturated heterocycles. The number of amides is 1. The van der Waals surface area contributed by atoms with E-state index in [2.05, 4.69) is 51.2 Å². The molecule has 132 valence electrons. The van der Waals surface area contributed by atoms with Crippen molar-refractivity contribution in [1.82, 2.24) is 19.9 Å². The summed E-state index contributed by atoms with van der Waals surface area (Å²) in [7, 11) is 2.02. The summed E-state index contributed by atoms with van der Waals surface area (Å²) in [5.74, 6) is -0.217. The van der Waals surface area contributed by atoms with E-state index in [9.17, 15) is 4.79 Å². The van der Waals surface area contributed by atoms with Crippen LogP contribution in [-0.4, -0.2) is 38.7 Å². The average Bonchev–Trinajstić information content (AvgIpc) is 3.20. The van der Waals surface area contributed by atoms with E-state index in [1.807, 2.05) is 13.1 Å². The standard InChI is InChI=1S/C20H20N4O2/c1-12-3-4-18-14(9-12)16(11-24(18)2)17-10-15-13(20(26)22-7-8-25)5-6-21-19(15)23-17/h3-6,9-11,25H,7-8H2,1-2H3,(H,21,23)(H,22,26). The number of fused-ring (bicyclic) bond motifs is 2. The van der Waals surface area contributed by atoms with Gasteiger partial charge in [0.05, 0.1) is 12.2 Å². The van der Waals surface area contributed by atoms with Gasteiger partial charge < -0.3 is 20.0 Å². The molecular formula is C20H20N4O2. The highest BCUT2D eigenvalue weighted by Gasteiger charge is 2.16. The molecule has 3 heterocycles. The Labute approximate surface area is 150 Å². The molecule has 4 aromatic rings. The number of aromatic nitrogens is 3. The molecule has 3 N–H and O–H groups in total. The SMILES string of the molecule is Cc1ccc2c(c1)c(-c1cc3c(C(=O)NCCO)ccnc3[nH]1)cn2C. The number of carbonyl (C=O) groups is 1. The number of hydrogen-bond acceptors (Lipinski definition) is 3. The van der Waals surface area contributed by atoms with E-state index in [0.29, 0.717) is 11.2 Å². The Morgan fingerprint density at radius 1 is 1.27 bits per heavy atom. The number of nitrogens with one attached hydrogen (secondary N) is 2. The molecule has 26 heavy (non-hydrogen) atoms. The maximum absolute atomic E-state index is 12.4. The summed E-state index contributed by atoms with van der Waals surface area (Å²) in [4.78, 5) is 20.1. The van der Waals surface area contributed by atoms with Crippen molar-refractivity contribution in [3.05, 3.63) is 53.9 Å². The molecule has 1 aromatic carbocycles. The molecular weight excluding hydrogens is 328 g/mol. The van der Waals surface area contributed by atoms with Crippen LogP contribution in [-0.2, 0) is 7.05 Å². The Bertz CT molecular complexity index is 1120. The minimum absolute atomic E-state index is 0.0896. The number of aliphatic hydroxyl groups is 1. The van der Waals surface area contributed by atoms with E-state index in [1.165, 1.54) is 5.56 Å². The van der Waals surface area contributed by atoms with Crippen molar-refractivity contribution in [2.75, 3.05) is 13.2 Å². The third-order valence-electron chi connectivity index (χ3n) is 4.61. The van der Waals surface area contributed by atoms with Crippen molar-refractivity contribution >= 4 is 27.8 Å². The molecule has 6 heteroatoms. The Morgan fingerprint density at radius 2 is 2.12 bits per heavy atom. The van der Waals surface area contributed by atoms with Gasteiger partial charge in [0.2, 0.25) is 0 Å². The van der Waals surface area contributed by atoms with Crippen LogP contribution in [0.2, 0.25) is 0 Å². The van der Waals surface area contributed by atoms with E-state index < -0.39 is 0 Å².